The van der Waals surface area contributed by atoms with Crippen molar-refractivity contribution in [2.75, 3.05) is 0 Å². The Morgan fingerprint density at radius 3 is 1.38 bits per heavy atom. The molecule has 4 nitrogen and oxygen atoms in total. The molecule has 0 unspecified atom stereocenters. The van der Waals surface area contributed by atoms with E-state index in [1.807, 2.05) is 30.3 Å². The highest BCUT2D eigenvalue weighted by Gasteiger charge is 2.23. The van der Waals surface area contributed by atoms with Crippen molar-refractivity contribution in [3.05, 3.63) is 224 Å². The molecule has 13 rings (SSSR count). The van der Waals surface area contributed by atoms with E-state index in [4.69, 9.17) is 19.4 Å². The molecule has 0 spiro atoms. The summed E-state index contributed by atoms with van der Waals surface area (Å²) in [6.07, 6.45) is 0. The Hall–Kier alpha value is -8.73. The molecule has 13 aromatic rings. The molecule has 4 heteroatoms. The molecule has 65 heavy (non-hydrogen) atoms. The molecule has 0 amide bonds. The van der Waals surface area contributed by atoms with Gasteiger partial charge in [0.15, 0.2) is 17.5 Å². The molecule has 0 radical (unpaired) electrons. The summed E-state index contributed by atoms with van der Waals surface area (Å²) >= 11 is 0. The first-order valence-electron chi connectivity index (χ1n) is 22.0. The lowest BCUT2D eigenvalue weighted by Gasteiger charge is -2.15. The summed E-state index contributed by atoms with van der Waals surface area (Å²) in [5.74, 6) is 1.78. The lowest BCUT2D eigenvalue weighted by Crippen LogP contribution is -2.00. The summed E-state index contributed by atoms with van der Waals surface area (Å²) in [4.78, 5) is 15.6. The molecular weight excluding hydrogens is 791 g/mol. The fourth-order valence-corrected chi connectivity index (χ4v) is 9.82. The molecule has 0 bridgehead atoms. The maximum atomic E-state index is 7.12. The van der Waals surface area contributed by atoms with Crippen molar-refractivity contribution in [3.8, 4) is 67.5 Å². The van der Waals surface area contributed by atoms with Gasteiger partial charge in [0.2, 0.25) is 0 Å². The van der Waals surface area contributed by atoms with Crippen LogP contribution in [0.5, 0.6) is 0 Å². The van der Waals surface area contributed by atoms with E-state index in [9.17, 15) is 0 Å². The summed E-state index contributed by atoms with van der Waals surface area (Å²) in [5.41, 5.74) is 11.0. The van der Waals surface area contributed by atoms with E-state index < -0.39 is 0 Å². The van der Waals surface area contributed by atoms with E-state index in [0.29, 0.717) is 17.5 Å². The molecule has 11 aromatic carbocycles. The van der Waals surface area contributed by atoms with Gasteiger partial charge in [-0.25, -0.2) is 15.0 Å². The zero-order chi connectivity index (χ0) is 42.8. The molecular formula is C61H37N3O. The summed E-state index contributed by atoms with van der Waals surface area (Å²) in [6, 6.07) is 79.4. The number of nitrogens with zero attached hydrogens (tertiary/aromatic N) is 3. The van der Waals surface area contributed by atoms with E-state index in [1.54, 1.807) is 0 Å². The van der Waals surface area contributed by atoms with E-state index in [-0.39, 0.29) is 0 Å². The predicted octanol–water partition coefficient (Wildman–Crippen LogP) is 16.4. The lowest BCUT2D eigenvalue weighted by molar-refractivity contribution is 0.670. The molecule has 0 aliphatic heterocycles. The third-order valence-corrected chi connectivity index (χ3v) is 12.9. The number of aromatic nitrogens is 3. The van der Waals surface area contributed by atoms with Crippen LogP contribution < -0.4 is 0 Å². The van der Waals surface area contributed by atoms with Crippen LogP contribution in [0.1, 0.15) is 0 Å². The largest absolute Gasteiger partial charge is 0.455 e. The molecule has 0 aliphatic carbocycles. The Bertz CT molecular complexity index is 3990. The van der Waals surface area contributed by atoms with Crippen molar-refractivity contribution >= 4 is 65.0 Å². The smallest absolute Gasteiger partial charge is 0.164 e. The van der Waals surface area contributed by atoms with Crippen LogP contribution in [0.3, 0.4) is 0 Å². The van der Waals surface area contributed by atoms with Crippen molar-refractivity contribution in [1.29, 1.82) is 0 Å². The van der Waals surface area contributed by atoms with Gasteiger partial charge in [-0.05, 0) is 101 Å². The second-order valence-electron chi connectivity index (χ2n) is 16.7. The van der Waals surface area contributed by atoms with Crippen molar-refractivity contribution < 1.29 is 4.42 Å². The predicted molar refractivity (Wildman–Crippen MR) is 270 cm³/mol. The van der Waals surface area contributed by atoms with E-state index in [2.05, 4.69) is 194 Å². The number of fused-ring (bicyclic) bond motifs is 9. The van der Waals surface area contributed by atoms with E-state index >= 15 is 0 Å². The van der Waals surface area contributed by atoms with Gasteiger partial charge in [0.05, 0.1) is 0 Å². The van der Waals surface area contributed by atoms with Gasteiger partial charge in [-0.3, -0.25) is 0 Å². The Balaban J connectivity index is 1.10. The first-order valence-corrected chi connectivity index (χ1v) is 22.0. The van der Waals surface area contributed by atoms with Crippen LogP contribution in [0.4, 0.5) is 0 Å². The normalized spacial score (nSPS) is 11.7. The average molecular weight is 828 g/mol. The van der Waals surface area contributed by atoms with Gasteiger partial charge in [0.1, 0.15) is 11.2 Å². The maximum Gasteiger partial charge on any atom is 0.164 e. The minimum absolute atomic E-state index is 0.577. The SMILES string of the molecule is c1ccc(-c2ccc(-c3nc(-c4ccccc4)nc(-c4cccc5oc6c(-c7cc8ccccc8c8ccccc78)cc(-c7cc8ccccc8c8ccccc78)cc6c45)n3)cc2)cc1. The molecule has 0 fully saturated rings. The highest BCUT2D eigenvalue weighted by Crippen LogP contribution is 2.47. The third-order valence-electron chi connectivity index (χ3n) is 12.9. The average Bonchev–Trinajstić information content (AvgIpc) is 3.77. The number of rotatable bonds is 6. The molecule has 2 aromatic heterocycles. The first-order chi connectivity index (χ1) is 32.2. The van der Waals surface area contributed by atoms with Gasteiger partial charge >= 0.3 is 0 Å². The Morgan fingerprint density at radius 1 is 0.262 bits per heavy atom. The summed E-state index contributed by atoms with van der Waals surface area (Å²) < 4.78 is 7.12. The van der Waals surface area contributed by atoms with Gasteiger partial charge in [-0.15, -0.1) is 0 Å². The number of benzene rings is 11. The molecule has 302 valence electrons. The fraction of sp³-hybridized carbons (Fsp3) is 0. The Morgan fingerprint density at radius 2 is 0.738 bits per heavy atom. The van der Waals surface area contributed by atoms with Crippen LogP contribution in [-0.2, 0) is 0 Å². The van der Waals surface area contributed by atoms with Gasteiger partial charge in [-0.1, -0.05) is 194 Å². The summed E-state index contributed by atoms with van der Waals surface area (Å²) in [7, 11) is 0. The zero-order valence-corrected chi connectivity index (χ0v) is 35.1. The Kier molecular flexibility index (Phi) is 8.50. The van der Waals surface area contributed by atoms with Crippen molar-refractivity contribution in [2.24, 2.45) is 0 Å². The van der Waals surface area contributed by atoms with E-state index in [1.165, 1.54) is 43.1 Å². The van der Waals surface area contributed by atoms with Crippen LogP contribution in [0, 0.1) is 0 Å². The Labute approximate surface area is 374 Å². The zero-order valence-electron chi connectivity index (χ0n) is 35.1. The van der Waals surface area contributed by atoms with Crippen LogP contribution >= 0.6 is 0 Å². The molecule has 0 aliphatic rings. The van der Waals surface area contributed by atoms with Crippen molar-refractivity contribution in [1.82, 2.24) is 15.0 Å². The molecule has 2 heterocycles. The number of hydrogen-bond donors (Lipinski definition) is 0. The minimum Gasteiger partial charge on any atom is -0.455 e. The van der Waals surface area contributed by atoms with Crippen LogP contribution in [-0.4, -0.2) is 15.0 Å². The lowest BCUT2D eigenvalue weighted by atomic mass is 9.88. The molecule has 0 N–H and O–H groups in total. The van der Waals surface area contributed by atoms with Gasteiger partial charge in [0.25, 0.3) is 0 Å². The van der Waals surface area contributed by atoms with Gasteiger partial charge in [-0.2, -0.15) is 0 Å². The first kappa shape index (κ1) is 36.9. The summed E-state index contributed by atoms with van der Waals surface area (Å²) in [6.45, 7) is 0. The standard InChI is InChI=1S/C61H37N3O/c1-3-16-38(17-4-1)39-30-32-41(33-31-39)60-62-59(40-18-5-2-6-19-40)63-61(64-60)51-28-15-29-56-57(51)55-37-44(52-34-42-20-7-9-22-45(42)47-24-11-13-26-49(47)52)36-54(58(55)65-56)53-35-43-21-8-10-23-46(43)48-25-12-14-27-50(48)53/h1-37H. The van der Waals surface area contributed by atoms with Gasteiger partial charge in [0, 0.05) is 33.0 Å². The van der Waals surface area contributed by atoms with Crippen molar-refractivity contribution in [3.63, 3.8) is 0 Å². The van der Waals surface area contributed by atoms with Gasteiger partial charge < -0.3 is 4.42 Å². The fourth-order valence-electron chi connectivity index (χ4n) is 9.82. The number of hydrogen-bond acceptors (Lipinski definition) is 4. The quantitative estimate of drug-likeness (QED) is 0.157. The molecule has 0 atom stereocenters. The maximum absolute atomic E-state index is 7.12. The third kappa shape index (κ3) is 6.18. The number of furan rings is 1. The van der Waals surface area contributed by atoms with Crippen LogP contribution in [0.15, 0.2) is 229 Å². The molecule has 0 saturated carbocycles. The topological polar surface area (TPSA) is 51.8 Å². The molecule has 0 saturated heterocycles. The van der Waals surface area contributed by atoms with E-state index in [0.717, 1.165) is 72.0 Å². The minimum atomic E-state index is 0.577. The van der Waals surface area contributed by atoms with Crippen LogP contribution in [0.25, 0.3) is 133 Å². The van der Waals surface area contributed by atoms with Crippen LogP contribution in [0.2, 0.25) is 0 Å². The van der Waals surface area contributed by atoms with Crippen molar-refractivity contribution in [2.45, 2.75) is 0 Å². The monoisotopic (exact) mass is 827 g/mol. The second kappa shape index (κ2) is 15.0. The highest BCUT2D eigenvalue weighted by atomic mass is 16.3. The highest BCUT2D eigenvalue weighted by molar-refractivity contribution is 6.22. The summed E-state index contributed by atoms with van der Waals surface area (Å²) in [5, 5.41) is 11.6. The second-order valence-corrected chi connectivity index (χ2v) is 16.7.